The number of hydrogen-bond donors (Lipinski definition) is 0. The van der Waals surface area contributed by atoms with Gasteiger partial charge in [0.1, 0.15) is 5.69 Å². The molecule has 16 heavy (non-hydrogen) atoms. The third-order valence-corrected chi connectivity index (χ3v) is 3.34. The van der Waals surface area contributed by atoms with Crippen LogP contribution < -0.4 is 0 Å². The van der Waals surface area contributed by atoms with Gasteiger partial charge >= 0.3 is 0 Å². The second kappa shape index (κ2) is 7.07. The highest BCUT2D eigenvalue weighted by Crippen LogP contribution is 2.19. The molecule has 1 rings (SSSR count). The minimum Gasteiger partial charge on any atom is -0.375 e. The number of unbranched alkanes of at least 4 members (excludes halogenated alkanes) is 1. The first kappa shape index (κ1) is 13.7. The Morgan fingerprint density at radius 2 is 2.25 bits per heavy atom. The Kier molecular flexibility index (Phi) is 6.06. The lowest BCUT2D eigenvalue weighted by Crippen LogP contribution is -2.05. The Bertz CT molecular complexity index is 312. The first-order chi connectivity index (χ1) is 7.69. The molecule has 0 N–H and O–H groups in total. The zero-order valence-corrected chi connectivity index (χ0v) is 12.0. The molecule has 0 saturated carbocycles. The number of aromatic nitrogens is 2. The van der Waals surface area contributed by atoms with Crippen molar-refractivity contribution < 1.29 is 4.74 Å². The van der Waals surface area contributed by atoms with Gasteiger partial charge in [0, 0.05) is 18.8 Å². The Morgan fingerprint density at radius 3 is 2.88 bits per heavy atom. The van der Waals surface area contributed by atoms with Crippen LogP contribution in [0.25, 0.3) is 0 Å². The van der Waals surface area contributed by atoms with Crippen molar-refractivity contribution in [3.05, 3.63) is 16.4 Å². The summed E-state index contributed by atoms with van der Waals surface area (Å²) in [7, 11) is 0. The maximum absolute atomic E-state index is 5.56. The van der Waals surface area contributed by atoms with Crippen LogP contribution in [0.3, 0.4) is 0 Å². The molecule has 3 nitrogen and oxygen atoms in total. The highest BCUT2D eigenvalue weighted by atomic mass is 79.9. The van der Waals surface area contributed by atoms with E-state index in [0.717, 1.165) is 29.6 Å². The number of rotatable bonds is 7. The predicted octanol–water partition coefficient (Wildman–Crippen LogP) is 3.93. The quantitative estimate of drug-likeness (QED) is 0.711. The van der Waals surface area contributed by atoms with Gasteiger partial charge in [-0.2, -0.15) is 5.10 Å². The molecule has 0 fully saturated rings. The van der Waals surface area contributed by atoms with Gasteiger partial charge in [0.2, 0.25) is 0 Å². The molecule has 1 aromatic heterocycles. The first-order valence-corrected chi connectivity index (χ1v) is 6.79. The van der Waals surface area contributed by atoms with E-state index in [-0.39, 0.29) is 0 Å². The average Bonchev–Trinajstić information content (AvgIpc) is 2.65. The topological polar surface area (TPSA) is 27.1 Å². The molecule has 1 heterocycles. The van der Waals surface area contributed by atoms with Gasteiger partial charge in [-0.25, -0.2) is 0 Å². The lowest BCUT2D eigenvalue weighted by Gasteiger charge is -2.07. The van der Waals surface area contributed by atoms with Crippen molar-refractivity contribution in [2.24, 2.45) is 0 Å². The first-order valence-electron chi connectivity index (χ1n) is 6.00. The number of halogens is 1. The van der Waals surface area contributed by atoms with E-state index < -0.39 is 0 Å². The van der Waals surface area contributed by atoms with Crippen molar-refractivity contribution in [2.75, 3.05) is 6.61 Å². The maximum Gasteiger partial charge on any atom is 0.102 e. The molecule has 0 unspecified atom stereocenters. The van der Waals surface area contributed by atoms with Crippen molar-refractivity contribution in [2.45, 2.75) is 52.7 Å². The van der Waals surface area contributed by atoms with E-state index in [1.165, 1.54) is 6.42 Å². The van der Waals surface area contributed by atoms with Crippen LogP contribution in [0.4, 0.5) is 0 Å². The summed E-state index contributed by atoms with van der Waals surface area (Å²) in [6, 6.07) is 0.445. The molecule has 92 valence electrons. The SMILES string of the molecule is CCCCOCc1nn([C@H](C)CC)cc1Br. The molecule has 0 aliphatic heterocycles. The number of nitrogens with zero attached hydrogens (tertiary/aromatic N) is 2. The highest BCUT2D eigenvalue weighted by Gasteiger charge is 2.09. The van der Waals surface area contributed by atoms with Crippen molar-refractivity contribution in [3.63, 3.8) is 0 Å². The second-order valence-corrected chi connectivity index (χ2v) is 4.92. The van der Waals surface area contributed by atoms with Crippen LogP contribution in [0.1, 0.15) is 51.8 Å². The van der Waals surface area contributed by atoms with Crippen molar-refractivity contribution >= 4 is 15.9 Å². The van der Waals surface area contributed by atoms with Gasteiger partial charge in [0.25, 0.3) is 0 Å². The second-order valence-electron chi connectivity index (χ2n) is 4.07. The molecule has 4 heteroatoms. The minimum atomic E-state index is 0.445. The summed E-state index contributed by atoms with van der Waals surface area (Å²) in [6.07, 6.45) is 5.41. The van der Waals surface area contributed by atoms with Crippen LogP contribution in [0, 0.1) is 0 Å². The smallest absolute Gasteiger partial charge is 0.102 e. The van der Waals surface area contributed by atoms with E-state index in [1.54, 1.807) is 0 Å². The summed E-state index contributed by atoms with van der Waals surface area (Å²) in [5.74, 6) is 0. The Hall–Kier alpha value is -0.350. The van der Waals surface area contributed by atoms with Crippen molar-refractivity contribution in [3.8, 4) is 0 Å². The molecule has 0 saturated heterocycles. The maximum atomic E-state index is 5.56. The molecular weight excluding hydrogens is 268 g/mol. The Morgan fingerprint density at radius 1 is 1.50 bits per heavy atom. The lowest BCUT2D eigenvalue weighted by atomic mass is 10.3. The van der Waals surface area contributed by atoms with Crippen LogP contribution in [-0.2, 0) is 11.3 Å². The zero-order chi connectivity index (χ0) is 12.0. The van der Waals surface area contributed by atoms with Crippen LogP contribution in [-0.4, -0.2) is 16.4 Å². The number of ether oxygens (including phenoxy) is 1. The third-order valence-electron chi connectivity index (χ3n) is 2.68. The summed E-state index contributed by atoms with van der Waals surface area (Å²) in [5, 5.41) is 4.52. The molecule has 0 amide bonds. The molecule has 0 aromatic carbocycles. The standard InChI is InChI=1S/C12H21BrN2O/c1-4-6-7-16-9-12-11(13)8-15(14-12)10(3)5-2/h8,10H,4-7,9H2,1-3H3/t10-/m1/s1. The van der Waals surface area contributed by atoms with Crippen LogP contribution in [0.5, 0.6) is 0 Å². The fraction of sp³-hybridized carbons (Fsp3) is 0.750. The monoisotopic (exact) mass is 288 g/mol. The van der Waals surface area contributed by atoms with E-state index in [2.05, 4.69) is 41.8 Å². The van der Waals surface area contributed by atoms with Gasteiger partial charge in [-0.15, -0.1) is 0 Å². The van der Waals surface area contributed by atoms with E-state index in [1.807, 2.05) is 10.9 Å². The van der Waals surface area contributed by atoms with Gasteiger partial charge in [-0.05, 0) is 35.7 Å². The average molecular weight is 289 g/mol. The molecule has 0 spiro atoms. The minimum absolute atomic E-state index is 0.445. The van der Waals surface area contributed by atoms with Gasteiger partial charge in [-0.3, -0.25) is 4.68 Å². The predicted molar refractivity (Wildman–Crippen MR) is 69.5 cm³/mol. The van der Waals surface area contributed by atoms with Crippen LogP contribution >= 0.6 is 15.9 Å². The molecule has 0 aliphatic carbocycles. The third kappa shape index (κ3) is 3.91. The van der Waals surface area contributed by atoms with E-state index in [9.17, 15) is 0 Å². The largest absolute Gasteiger partial charge is 0.375 e. The molecule has 0 aliphatic rings. The number of hydrogen-bond acceptors (Lipinski definition) is 2. The van der Waals surface area contributed by atoms with Gasteiger partial charge in [-0.1, -0.05) is 20.3 Å². The molecule has 0 radical (unpaired) electrons. The lowest BCUT2D eigenvalue weighted by molar-refractivity contribution is 0.114. The summed E-state index contributed by atoms with van der Waals surface area (Å²) < 4.78 is 8.61. The summed E-state index contributed by atoms with van der Waals surface area (Å²) >= 11 is 3.52. The van der Waals surface area contributed by atoms with E-state index in [4.69, 9.17) is 4.74 Å². The summed E-state index contributed by atoms with van der Waals surface area (Å²) in [4.78, 5) is 0. The summed E-state index contributed by atoms with van der Waals surface area (Å²) in [5.41, 5.74) is 0.997. The van der Waals surface area contributed by atoms with Crippen LogP contribution in [0.15, 0.2) is 10.7 Å². The highest BCUT2D eigenvalue weighted by molar-refractivity contribution is 9.10. The molecule has 0 bridgehead atoms. The van der Waals surface area contributed by atoms with Crippen molar-refractivity contribution in [1.82, 2.24) is 9.78 Å². The van der Waals surface area contributed by atoms with Crippen LogP contribution in [0.2, 0.25) is 0 Å². The zero-order valence-electron chi connectivity index (χ0n) is 10.4. The Balaban J connectivity index is 2.50. The molecule has 1 atom stereocenters. The van der Waals surface area contributed by atoms with Gasteiger partial charge in [0.15, 0.2) is 0 Å². The van der Waals surface area contributed by atoms with Gasteiger partial charge < -0.3 is 4.74 Å². The van der Waals surface area contributed by atoms with E-state index >= 15 is 0 Å². The van der Waals surface area contributed by atoms with E-state index in [0.29, 0.717) is 12.6 Å². The normalized spacial score (nSPS) is 13.0. The fourth-order valence-electron chi connectivity index (χ4n) is 1.33. The fourth-order valence-corrected chi connectivity index (χ4v) is 1.74. The summed E-state index contributed by atoms with van der Waals surface area (Å²) in [6.45, 7) is 7.92. The van der Waals surface area contributed by atoms with Gasteiger partial charge in [0.05, 0.1) is 11.1 Å². The molecule has 1 aromatic rings. The molecular formula is C12H21BrN2O. The van der Waals surface area contributed by atoms with Crippen molar-refractivity contribution in [1.29, 1.82) is 0 Å². The Labute approximate surface area is 106 Å².